The smallest absolute Gasteiger partial charge is 0.118 e. The molecule has 1 fully saturated rings. The molecule has 20 heavy (non-hydrogen) atoms. The Morgan fingerprint density at radius 1 is 1.25 bits per heavy atom. The fraction of sp³-hybridized carbons (Fsp3) is 0.625. The van der Waals surface area contributed by atoms with Crippen LogP contribution in [0.4, 0.5) is 0 Å². The number of methoxy groups -OCH3 is 1. The van der Waals surface area contributed by atoms with E-state index in [1.807, 2.05) is 12.1 Å². The van der Waals surface area contributed by atoms with E-state index in [2.05, 4.69) is 17.4 Å². The first-order chi connectivity index (χ1) is 9.74. The van der Waals surface area contributed by atoms with Crippen molar-refractivity contribution >= 4 is 0 Å². The second-order valence-corrected chi connectivity index (χ2v) is 5.70. The third-order valence-electron chi connectivity index (χ3n) is 4.36. The molecule has 0 aliphatic heterocycles. The minimum atomic E-state index is 0.379. The van der Waals surface area contributed by atoms with E-state index in [4.69, 9.17) is 4.74 Å². The summed E-state index contributed by atoms with van der Waals surface area (Å²) in [6.07, 6.45) is 6.45. The molecule has 110 valence electrons. The Kier molecular flexibility index (Phi) is 5.39. The van der Waals surface area contributed by atoms with Crippen molar-refractivity contribution in [3.8, 4) is 5.75 Å². The maximum Gasteiger partial charge on any atom is 0.118 e. The summed E-state index contributed by atoms with van der Waals surface area (Å²) in [5, 5.41) is 4.56. The van der Waals surface area contributed by atoms with Crippen LogP contribution in [-0.4, -0.2) is 25.7 Å². The van der Waals surface area contributed by atoms with Crippen LogP contribution in [0.2, 0.25) is 0 Å². The van der Waals surface area contributed by atoms with Crippen LogP contribution >= 0.6 is 0 Å². The third kappa shape index (κ3) is 3.71. The lowest BCUT2D eigenvalue weighted by molar-refractivity contribution is 0.235. The molecule has 1 aromatic rings. The topological polar surface area (TPSA) is 41.9 Å². The summed E-state index contributed by atoms with van der Waals surface area (Å²) in [6, 6.07) is 8.24. The standard InChI is InChI=1S/C16H24N2O2/c1-18(17-19)12-16(13-6-4-3-5-7-13)14-8-10-15(20-2)11-9-14/h8-11,13,16H,3-7,12H2,1-2H3. The van der Waals surface area contributed by atoms with Crippen molar-refractivity contribution < 1.29 is 4.74 Å². The lowest BCUT2D eigenvalue weighted by Gasteiger charge is -2.32. The summed E-state index contributed by atoms with van der Waals surface area (Å²) in [7, 11) is 3.43. The quantitative estimate of drug-likeness (QED) is 0.583. The molecule has 0 bridgehead atoms. The molecular weight excluding hydrogens is 252 g/mol. The third-order valence-corrected chi connectivity index (χ3v) is 4.36. The molecule has 1 aliphatic carbocycles. The molecule has 1 saturated carbocycles. The minimum Gasteiger partial charge on any atom is -0.497 e. The molecular formula is C16H24N2O2. The predicted octanol–water partition coefficient (Wildman–Crippen LogP) is 3.97. The highest BCUT2D eigenvalue weighted by Gasteiger charge is 2.26. The van der Waals surface area contributed by atoms with Crippen LogP contribution in [-0.2, 0) is 0 Å². The molecule has 0 N–H and O–H groups in total. The molecule has 0 radical (unpaired) electrons. The molecule has 1 aliphatic rings. The second-order valence-electron chi connectivity index (χ2n) is 5.70. The Balaban J connectivity index is 2.16. The van der Waals surface area contributed by atoms with Crippen molar-refractivity contribution in [2.75, 3.05) is 20.7 Å². The van der Waals surface area contributed by atoms with Gasteiger partial charge in [-0.3, -0.25) is 5.01 Å². The number of benzene rings is 1. The van der Waals surface area contributed by atoms with Gasteiger partial charge < -0.3 is 4.74 Å². The molecule has 2 rings (SSSR count). The van der Waals surface area contributed by atoms with Crippen LogP contribution in [0.5, 0.6) is 5.75 Å². The number of hydrogen-bond acceptors (Lipinski definition) is 3. The minimum absolute atomic E-state index is 0.379. The number of rotatable bonds is 6. The summed E-state index contributed by atoms with van der Waals surface area (Å²) in [6.45, 7) is 0.695. The van der Waals surface area contributed by atoms with Gasteiger partial charge in [0.1, 0.15) is 5.75 Å². The molecule has 0 saturated heterocycles. The Hall–Kier alpha value is -1.58. The molecule has 1 atom stereocenters. The van der Waals surface area contributed by atoms with Crippen molar-refractivity contribution in [3.63, 3.8) is 0 Å². The maximum absolute atomic E-state index is 10.7. The van der Waals surface area contributed by atoms with Gasteiger partial charge >= 0.3 is 0 Å². The van der Waals surface area contributed by atoms with E-state index in [9.17, 15) is 4.91 Å². The summed E-state index contributed by atoms with van der Waals surface area (Å²) in [5.74, 6) is 1.91. The van der Waals surface area contributed by atoms with E-state index in [1.165, 1.54) is 42.7 Å². The van der Waals surface area contributed by atoms with Gasteiger partial charge in [0.15, 0.2) is 0 Å². The van der Waals surface area contributed by atoms with Crippen molar-refractivity contribution in [1.29, 1.82) is 0 Å². The zero-order valence-corrected chi connectivity index (χ0v) is 12.4. The van der Waals surface area contributed by atoms with Crippen LogP contribution in [0.15, 0.2) is 29.6 Å². The second kappa shape index (κ2) is 7.27. The van der Waals surface area contributed by atoms with Crippen LogP contribution < -0.4 is 4.74 Å². The van der Waals surface area contributed by atoms with Crippen molar-refractivity contribution in [2.24, 2.45) is 11.2 Å². The Morgan fingerprint density at radius 3 is 2.45 bits per heavy atom. The van der Waals surface area contributed by atoms with Gasteiger partial charge in [-0.25, -0.2) is 0 Å². The first kappa shape index (κ1) is 14.8. The van der Waals surface area contributed by atoms with E-state index in [0.717, 1.165) is 5.75 Å². The lowest BCUT2D eigenvalue weighted by Crippen LogP contribution is -2.26. The maximum atomic E-state index is 10.7. The summed E-state index contributed by atoms with van der Waals surface area (Å²) >= 11 is 0. The summed E-state index contributed by atoms with van der Waals surface area (Å²) in [4.78, 5) is 10.7. The zero-order valence-electron chi connectivity index (χ0n) is 12.4. The van der Waals surface area contributed by atoms with E-state index < -0.39 is 0 Å². The fourth-order valence-electron chi connectivity index (χ4n) is 3.23. The monoisotopic (exact) mass is 276 g/mol. The molecule has 4 heteroatoms. The van der Waals surface area contributed by atoms with Crippen LogP contribution in [0.3, 0.4) is 0 Å². The highest BCUT2D eigenvalue weighted by molar-refractivity contribution is 5.30. The number of likely N-dealkylation sites (N-methyl/N-ethyl adjacent to an activating group) is 1. The van der Waals surface area contributed by atoms with Gasteiger partial charge in [-0.05, 0) is 36.5 Å². The van der Waals surface area contributed by atoms with Crippen molar-refractivity contribution in [1.82, 2.24) is 5.01 Å². The molecule has 1 aromatic carbocycles. The SMILES string of the molecule is COc1ccc(C(CN(C)N=O)C2CCCCC2)cc1. The predicted molar refractivity (Wildman–Crippen MR) is 80.7 cm³/mol. The highest BCUT2D eigenvalue weighted by atomic mass is 16.5. The van der Waals surface area contributed by atoms with E-state index in [1.54, 1.807) is 14.2 Å². The average molecular weight is 276 g/mol. The normalized spacial score (nSPS) is 17.5. The average Bonchev–Trinajstić information content (AvgIpc) is 2.53. The summed E-state index contributed by atoms with van der Waals surface area (Å²) < 4.78 is 5.22. The van der Waals surface area contributed by atoms with Gasteiger partial charge in [0.2, 0.25) is 0 Å². The van der Waals surface area contributed by atoms with Crippen LogP contribution in [0.25, 0.3) is 0 Å². The molecule has 0 spiro atoms. The van der Waals surface area contributed by atoms with E-state index in [-0.39, 0.29) is 0 Å². The fourth-order valence-corrected chi connectivity index (χ4v) is 3.23. The van der Waals surface area contributed by atoms with E-state index >= 15 is 0 Å². The Bertz CT molecular complexity index is 413. The zero-order chi connectivity index (χ0) is 14.4. The molecule has 0 amide bonds. The molecule has 0 heterocycles. The molecule has 0 aromatic heterocycles. The Labute approximate surface area is 121 Å². The van der Waals surface area contributed by atoms with Crippen LogP contribution in [0.1, 0.15) is 43.6 Å². The van der Waals surface area contributed by atoms with Crippen molar-refractivity contribution in [3.05, 3.63) is 34.7 Å². The van der Waals surface area contributed by atoms with E-state index in [0.29, 0.717) is 18.4 Å². The van der Waals surface area contributed by atoms with Gasteiger partial charge in [0, 0.05) is 19.5 Å². The van der Waals surface area contributed by atoms with Gasteiger partial charge in [-0.2, -0.15) is 0 Å². The molecule has 4 nitrogen and oxygen atoms in total. The van der Waals surface area contributed by atoms with Gasteiger partial charge in [-0.15, -0.1) is 4.91 Å². The largest absolute Gasteiger partial charge is 0.497 e. The van der Waals surface area contributed by atoms with Gasteiger partial charge in [0.05, 0.1) is 12.4 Å². The molecule has 1 unspecified atom stereocenters. The lowest BCUT2D eigenvalue weighted by atomic mass is 9.76. The first-order valence-corrected chi connectivity index (χ1v) is 7.43. The van der Waals surface area contributed by atoms with Crippen LogP contribution in [0, 0.1) is 10.8 Å². The van der Waals surface area contributed by atoms with Crippen molar-refractivity contribution in [2.45, 2.75) is 38.0 Å². The van der Waals surface area contributed by atoms with Gasteiger partial charge in [-0.1, -0.05) is 31.4 Å². The first-order valence-electron chi connectivity index (χ1n) is 7.43. The Morgan fingerprint density at radius 2 is 1.90 bits per heavy atom. The number of nitrogens with zero attached hydrogens (tertiary/aromatic N) is 2. The van der Waals surface area contributed by atoms with Gasteiger partial charge in [0.25, 0.3) is 0 Å². The highest BCUT2D eigenvalue weighted by Crippen LogP contribution is 2.37. The summed E-state index contributed by atoms with van der Waals surface area (Å²) in [5.41, 5.74) is 1.29. The number of hydrogen-bond donors (Lipinski definition) is 0. The number of nitroso groups, excluding NO2 is 1. The number of ether oxygens (including phenoxy) is 1.